The van der Waals surface area contributed by atoms with Crippen LogP contribution >= 0.6 is 0 Å². The fourth-order valence-corrected chi connectivity index (χ4v) is 2.55. The van der Waals surface area contributed by atoms with E-state index in [4.69, 9.17) is 5.11 Å². The molecule has 0 bridgehead atoms. The van der Waals surface area contributed by atoms with Crippen molar-refractivity contribution in [3.05, 3.63) is 34.9 Å². The van der Waals surface area contributed by atoms with Crippen LogP contribution in [0.2, 0.25) is 0 Å². The van der Waals surface area contributed by atoms with Crippen LogP contribution in [0.5, 0.6) is 0 Å². The Hall–Kier alpha value is -2.19. The molecule has 1 aliphatic heterocycles. The number of benzene rings is 1. The van der Waals surface area contributed by atoms with E-state index in [0.717, 1.165) is 11.0 Å². The number of rotatable bonds is 2. The third-order valence-electron chi connectivity index (χ3n) is 3.48. The van der Waals surface area contributed by atoms with Gasteiger partial charge in [-0.05, 0) is 36.8 Å². The summed E-state index contributed by atoms with van der Waals surface area (Å²) in [6, 6.07) is -0.161. The molecule has 0 radical (unpaired) electrons. The first-order valence-corrected chi connectivity index (χ1v) is 6.46. The maximum Gasteiger partial charge on any atom is 0.416 e. The summed E-state index contributed by atoms with van der Waals surface area (Å²) in [6.07, 6.45) is -8.90. The minimum absolute atomic E-state index is 0.0900. The van der Waals surface area contributed by atoms with E-state index in [1.807, 2.05) is 0 Å². The van der Waals surface area contributed by atoms with E-state index >= 15 is 0 Å². The van der Waals surface area contributed by atoms with Gasteiger partial charge in [0.15, 0.2) is 6.04 Å². The van der Waals surface area contributed by atoms with E-state index in [-0.39, 0.29) is 17.8 Å². The van der Waals surface area contributed by atoms with Gasteiger partial charge in [-0.25, -0.2) is 4.79 Å². The number of nitrogens with zero attached hydrogens (tertiary/aromatic N) is 1. The Balaban J connectivity index is 2.68. The molecule has 1 aromatic rings. The third-order valence-corrected chi connectivity index (χ3v) is 3.48. The average molecular weight is 339 g/mol. The molecule has 0 saturated heterocycles. The van der Waals surface area contributed by atoms with Gasteiger partial charge in [0, 0.05) is 12.2 Å². The van der Waals surface area contributed by atoms with Gasteiger partial charge in [-0.3, -0.25) is 0 Å². The van der Waals surface area contributed by atoms with Crippen LogP contribution in [0, 0.1) is 0 Å². The Bertz CT molecular complexity index is 662. The highest BCUT2D eigenvalue weighted by atomic mass is 19.4. The summed E-state index contributed by atoms with van der Waals surface area (Å²) in [5.41, 5.74) is -2.36. The standard InChI is InChI=1S/C14H11F6NO2/c1-2-21-10-4-3-8(13(15,16)17)5-7(10)6-9(12(22)23)11(21)14(18,19)20/h3-6,11H,2H2,1H3,(H,22,23). The first-order valence-electron chi connectivity index (χ1n) is 6.46. The Kier molecular flexibility index (Phi) is 4.08. The largest absolute Gasteiger partial charge is 0.478 e. The Morgan fingerprint density at radius 1 is 1.22 bits per heavy atom. The molecule has 0 aliphatic carbocycles. The van der Waals surface area contributed by atoms with Gasteiger partial charge >= 0.3 is 18.3 Å². The van der Waals surface area contributed by atoms with Crippen molar-refractivity contribution < 1.29 is 36.2 Å². The Morgan fingerprint density at radius 3 is 2.26 bits per heavy atom. The Morgan fingerprint density at radius 2 is 1.83 bits per heavy atom. The molecule has 3 nitrogen and oxygen atoms in total. The molecule has 1 aliphatic rings. The van der Waals surface area contributed by atoms with Gasteiger partial charge in [0.25, 0.3) is 0 Å². The van der Waals surface area contributed by atoms with E-state index in [2.05, 4.69) is 0 Å². The van der Waals surface area contributed by atoms with Gasteiger partial charge in [0.1, 0.15) is 0 Å². The highest BCUT2D eigenvalue weighted by Gasteiger charge is 2.50. The van der Waals surface area contributed by atoms with Gasteiger partial charge in [-0.15, -0.1) is 0 Å². The molecule has 0 spiro atoms. The van der Waals surface area contributed by atoms with E-state index in [1.54, 1.807) is 0 Å². The van der Waals surface area contributed by atoms with Crippen LogP contribution in [0.1, 0.15) is 18.1 Å². The first kappa shape index (κ1) is 17.2. The van der Waals surface area contributed by atoms with E-state index < -0.39 is 35.5 Å². The molecule has 23 heavy (non-hydrogen) atoms. The van der Waals surface area contributed by atoms with Crippen molar-refractivity contribution in [2.45, 2.75) is 25.3 Å². The smallest absolute Gasteiger partial charge is 0.416 e. The highest BCUT2D eigenvalue weighted by molar-refractivity contribution is 5.97. The number of alkyl halides is 6. The third kappa shape index (κ3) is 3.13. The second kappa shape index (κ2) is 5.47. The zero-order chi connectivity index (χ0) is 17.6. The molecule has 126 valence electrons. The molecule has 1 heterocycles. The lowest BCUT2D eigenvalue weighted by Gasteiger charge is -2.38. The number of carboxylic acids is 1. The van der Waals surface area contributed by atoms with Crippen molar-refractivity contribution in [3.8, 4) is 0 Å². The van der Waals surface area contributed by atoms with Gasteiger partial charge < -0.3 is 10.0 Å². The highest BCUT2D eigenvalue weighted by Crippen LogP contribution is 2.42. The van der Waals surface area contributed by atoms with Crippen molar-refractivity contribution in [1.29, 1.82) is 0 Å². The van der Waals surface area contributed by atoms with Crippen molar-refractivity contribution in [2.24, 2.45) is 0 Å². The van der Waals surface area contributed by atoms with Crippen LogP contribution in [0.3, 0.4) is 0 Å². The van der Waals surface area contributed by atoms with E-state index in [0.29, 0.717) is 18.2 Å². The number of anilines is 1. The van der Waals surface area contributed by atoms with E-state index in [1.165, 1.54) is 6.92 Å². The minimum Gasteiger partial charge on any atom is -0.478 e. The van der Waals surface area contributed by atoms with Crippen molar-refractivity contribution in [3.63, 3.8) is 0 Å². The lowest BCUT2D eigenvalue weighted by Crippen LogP contribution is -2.50. The van der Waals surface area contributed by atoms with Gasteiger partial charge in [-0.1, -0.05) is 0 Å². The normalized spacial score (nSPS) is 18.5. The van der Waals surface area contributed by atoms with Crippen LogP contribution in [0.15, 0.2) is 23.8 Å². The molecular weight excluding hydrogens is 328 g/mol. The first-order chi connectivity index (χ1) is 10.5. The van der Waals surface area contributed by atoms with Gasteiger partial charge in [0.05, 0.1) is 11.1 Å². The predicted molar refractivity (Wildman–Crippen MR) is 69.9 cm³/mol. The fraction of sp³-hybridized carbons (Fsp3) is 0.357. The molecule has 0 saturated carbocycles. The molecule has 0 amide bonds. The van der Waals surface area contributed by atoms with Crippen LogP contribution in [-0.2, 0) is 11.0 Å². The topological polar surface area (TPSA) is 40.5 Å². The van der Waals surface area contributed by atoms with Crippen LogP contribution in [-0.4, -0.2) is 29.8 Å². The number of carboxylic acid groups (broad SMARTS) is 1. The number of hydrogen-bond donors (Lipinski definition) is 1. The monoisotopic (exact) mass is 339 g/mol. The minimum atomic E-state index is -4.87. The van der Waals surface area contributed by atoms with Crippen molar-refractivity contribution in [1.82, 2.24) is 0 Å². The maximum absolute atomic E-state index is 13.2. The maximum atomic E-state index is 13.2. The number of carbonyl (C=O) groups is 1. The van der Waals surface area contributed by atoms with Gasteiger partial charge in [-0.2, -0.15) is 26.3 Å². The molecule has 1 unspecified atom stereocenters. The molecular formula is C14H11F6NO2. The summed E-state index contributed by atoms with van der Waals surface area (Å²) < 4.78 is 77.9. The van der Waals surface area contributed by atoms with E-state index in [9.17, 15) is 31.1 Å². The Labute approximate surface area is 126 Å². The SMILES string of the molecule is CCN1c2ccc(C(F)(F)F)cc2C=C(C(=O)O)C1C(F)(F)F. The number of hydrogen-bond acceptors (Lipinski definition) is 2. The summed E-state index contributed by atoms with van der Waals surface area (Å²) in [6.45, 7) is 1.15. The molecule has 1 aromatic carbocycles. The fourth-order valence-electron chi connectivity index (χ4n) is 2.55. The lowest BCUT2D eigenvalue weighted by molar-refractivity contribution is -0.150. The molecule has 1 N–H and O–H groups in total. The van der Waals surface area contributed by atoms with Gasteiger partial charge in [0.2, 0.25) is 0 Å². The molecule has 9 heteroatoms. The number of aliphatic carboxylic acids is 1. The second-order valence-electron chi connectivity index (χ2n) is 4.91. The summed E-state index contributed by atoms with van der Waals surface area (Å²) in [5.74, 6) is -1.83. The molecule has 2 rings (SSSR count). The number of fused-ring (bicyclic) bond motifs is 1. The number of halogens is 6. The molecule has 1 atom stereocenters. The van der Waals surface area contributed by atoms with Crippen molar-refractivity contribution in [2.75, 3.05) is 11.4 Å². The predicted octanol–water partition coefficient (Wildman–Crippen LogP) is 3.94. The summed E-state index contributed by atoms with van der Waals surface area (Å²) in [5, 5.41) is 9.02. The van der Waals surface area contributed by atoms with Crippen LogP contribution in [0.4, 0.5) is 32.0 Å². The number of likely N-dealkylation sites (N-methyl/N-ethyl adjacent to an activating group) is 1. The summed E-state index contributed by atoms with van der Waals surface area (Å²) in [4.78, 5) is 11.9. The zero-order valence-electron chi connectivity index (χ0n) is 11.7. The quantitative estimate of drug-likeness (QED) is 0.830. The zero-order valence-corrected chi connectivity index (χ0v) is 11.7. The molecule has 0 fully saturated rings. The van der Waals surface area contributed by atoms with Crippen molar-refractivity contribution >= 4 is 17.7 Å². The summed E-state index contributed by atoms with van der Waals surface area (Å²) in [7, 11) is 0. The summed E-state index contributed by atoms with van der Waals surface area (Å²) >= 11 is 0. The van der Waals surface area contributed by atoms with Crippen LogP contribution < -0.4 is 4.90 Å². The average Bonchev–Trinajstić information content (AvgIpc) is 2.42. The second-order valence-corrected chi connectivity index (χ2v) is 4.91. The lowest BCUT2D eigenvalue weighted by atomic mass is 9.93. The van der Waals surface area contributed by atoms with Crippen LogP contribution in [0.25, 0.3) is 6.08 Å². The molecule has 0 aromatic heterocycles.